The maximum Gasteiger partial charge on any atom is 0.342 e. The molecule has 1 aliphatic rings. The molecule has 2 atom stereocenters. The standard InChI is InChI=1S/C13H16O4/c1-16-12(14)13(15,11-7-8-17-9-11)10-5-3-2-4-6-10/h2-6,11,15H,7-9H2,1H3/t11-,13+/m0/s1. The van der Waals surface area contributed by atoms with Crippen molar-refractivity contribution in [1.82, 2.24) is 0 Å². The number of benzene rings is 1. The first-order valence-corrected chi connectivity index (χ1v) is 5.63. The summed E-state index contributed by atoms with van der Waals surface area (Å²) in [5.41, 5.74) is -1.05. The number of aliphatic hydroxyl groups is 1. The molecule has 0 amide bonds. The van der Waals surface area contributed by atoms with Crippen LogP contribution in [0.1, 0.15) is 12.0 Å². The molecule has 0 bridgehead atoms. The highest BCUT2D eigenvalue weighted by Crippen LogP contribution is 2.36. The first-order chi connectivity index (χ1) is 8.19. The Bertz CT molecular complexity index is 384. The van der Waals surface area contributed by atoms with Crippen molar-refractivity contribution in [3.05, 3.63) is 35.9 Å². The summed E-state index contributed by atoms with van der Waals surface area (Å²) in [7, 11) is 1.28. The summed E-state index contributed by atoms with van der Waals surface area (Å²) in [4.78, 5) is 11.9. The zero-order valence-corrected chi connectivity index (χ0v) is 9.76. The Labute approximate surface area is 100 Å². The van der Waals surface area contributed by atoms with Crippen LogP contribution in [0.15, 0.2) is 30.3 Å². The normalized spacial score (nSPS) is 23.1. The zero-order chi connectivity index (χ0) is 12.3. The highest BCUT2D eigenvalue weighted by molar-refractivity contribution is 5.81. The predicted octanol–water partition coefficient (Wildman–Crippen LogP) is 1.08. The smallest absolute Gasteiger partial charge is 0.342 e. The molecule has 0 radical (unpaired) electrons. The minimum absolute atomic E-state index is 0.252. The van der Waals surface area contributed by atoms with Gasteiger partial charge in [0.25, 0.3) is 0 Å². The van der Waals surface area contributed by atoms with Gasteiger partial charge in [-0.25, -0.2) is 4.79 Å². The molecule has 1 N–H and O–H groups in total. The SMILES string of the molecule is COC(=O)[C@@](O)(c1ccccc1)[C@H]1CCOC1. The summed E-state index contributed by atoms with van der Waals surface area (Å²) in [6.45, 7) is 0.942. The van der Waals surface area contributed by atoms with E-state index in [2.05, 4.69) is 0 Å². The van der Waals surface area contributed by atoms with Gasteiger partial charge in [0.05, 0.1) is 13.7 Å². The number of hydrogen-bond donors (Lipinski definition) is 1. The van der Waals surface area contributed by atoms with Crippen molar-refractivity contribution in [2.45, 2.75) is 12.0 Å². The average Bonchev–Trinajstić information content (AvgIpc) is 2.92. The number of hydrogen-bond acceptors (Lipinski definition) is 4. The lowest BCUT2D eigenvalue weighted by molar-refractivity contribution is -0.170. The summed E-state index contributed by atoms with van der Waals surface area (Å²) in [6.07, 6.45) is 0.653. The van der Waals surface area contributed by atoms with Gasteiger partial charge in [0.1, 0.15) is 0 Å². The number of carbonyl (C=O) groups excluding carboxylic acids is 1. The molecule has 92 valence electrons. The van der Waals surface area contributed by atoms with Crippen molar-refractivity contribution in [2.24, 2.45) is 5.92 Å². The fourth-order valence-electron chi connectivity index (χ4n) is 2.23. The second-order valence-electron chi connectivity index (χ2n) is 4.18. The van der Waals surface area contributed by atoms with E-state index in [0.717, 1.165) is 0 Å². The quantitative estimate of drug-likeness (QED) is 0.798. The van der Waals surface area contributed by atoms with E-state index in [1.807, 2.05) is 6.07 Å². The largest absolute Gasteiger partial charge is 0.467 e. The van der Waals surface area contributed by atoms with E-state index in [4.69, 9.17) is 9.47 Å². The zero-order valence-electron chi connectivity index (χ0n) is 9.76. The molecule has 1 aromatic rings. The second-order valence-corrected chi connectivity index (χ2v) is 4.18. The Morgan fingerprint density at radius 1 is 1.47 bits per heavy atom. The van der Waals surface area contributed by atoms with Crippen LogP contribution in [0, 0.1) is 5.92 Å². The van der Waals surface area contributed by atoms with E-state index in [0.29, 0.717) is 25.2 Å². The van der Waals surface area contributed by atoms with Crippen LogP contribution in [0.2, 0.25) is 0 Å². The van der Waals surface area contributed by atoms with Gasteiger partial charge in [-0.05, 0) is 12.0 Å². The molecule has 1 heterocycles. The molecule has 0 aliphatic carbocycles. The summed E-state index contributed by atoms with van der Waals surface area (Å²) < 4.78 is 9.99. The third kappa shape index (κ3) is 2.06. The Balaban J connectivity index is 2.39. The fraction of sp³-hybridized carbons (Fsp3) is 0.462. The number of esters is 1. The van der Waals surface area contributed by atoms with Crippen molar-refractivity contribution < 1.29 is 19.4 Å². The van der Waals surface area contributed by atoms with Crippen molar-refractivity contribution in [3.63, 3.8) is 0 Å². The minimum atomic E-state index is -1.60. The summed E-state index contributed by atoms with van der Waals surface area (Å²) in [6, 6.07) is 8.88. The monoisotopic (exact) mass is 236 g/mol. The van der Waals surface area contributed by atoms with E-state index in [1.54, 1.807) is 24.3 Å². The van der Waals surface area contributed by atoms with E-state index in [1.165, 1.54) is 7.11 Å². The lowest BCUT2D eigenvalue weighted by Gasteiger charge is -2.30. The lowest BCUT2D eigenvalue weighted by Crippen LogP contribution is -2.44. The molecule has 17 heavy (non-hydrogen) atoms. The van der Waals surface area contributed by atoms with Gasteiger partial charge in [0, 0.05) is 12.5 Å². The van der Waals surface area contributed by atoms with Crippen LogP contribution >= 0.6 is 0 Å². The van der Waals surface area contributed by atoms with Crippen molar-refractivity contribution in [2.75, 3.05) is 20.3 Å². The molecule has 2 rings (SSSR count). The maximum absolute atomic E-state index is 11.9. The minimum Gasteiger partial charge on any atom is -0.467 e. The average molecular weight is 236 g/mol. The van der Waals surface area contributed by atoms with E-state index < -0.39 is 11.6 Å². The molecule has 1 aromatic carbocycles. The molecule has 4 nitrogen and oxygen atoms in total. The van der Waals surface area contributed by atoms with Crippen LogP contribution in [0.3, 0.4) is 0 Å². The first kappa shape index (κ1) is 12.1. The van der Waals surface area contributed by atoms with Gasteiger partial charge in [0.15, 0.2) is 5.60 Å². The molecule has 1 saturated heterocycles. The van der Waals surface area contributed by atoms with Gasteiger partial charge >= 0.3 is 5.97 Å². The maximum atomic E-state index is 11.9. The third-order valence-corrected chi connectivity index (χ3v) is 3.23. The first-order valence-electron chi connectivity index (χ1n) is 5.63. The molecule has 0 aromatic heterocycles. The van der Waals surface area contributed by atoms with Gasteiger partial charge in [0.2, 0.25) is 0 Å². The summed E-state index contributed by atoms with van der Waals surface area (Å²) in [5.74, 6) is -0.878. The van der Waals surface area contributed by atoms with Gasteiger partial charge < -0.3 is 14.6 Å². The van der Waals surface area contributed by atoms with Crippen molar-refractivity contribution in [3.8, 4) is 0 Å². The summed E-state index contributed by atoms with van der Waals surface area (Å²) >= 11 is 0. The van der Waals surface area contributed by atoms with Crippen LogP contribution in [0.5, 0.6) is 0 Å². The molecule has 0 unspecified atom stereocenters. The molecule has 0 spiro atoms. The Morgan fingerprint density at radius 3 is 2.71 bits per heavy atom. The molecular formula is C13H16O4. The molecule has 1 fully saturated rings. The van der Waals surface area contributed by atoms with Crippen LogP contribution in [-0.4, -0.2) is 31.4 Å². The van der Waals surface area contributed by atoms with Crippen molar-refractivity contribution in [1.29, 1.82) is 0 Å². The Kier molecular flexibility index (Phi) is 3.45. The van der Waals surface area contributed by atoms with Crippen LogP contribution in [0.4, 0.5) is 0 Å². The Hall–Kier alpha value is -1.39. The predicted molar refractivity (Wildman–Crippen MR) is 61.3 cm³/mol. The van der Waals surface area contributed by atoms with Gasteiger partial charge in [-0.3, -0.25) is 0 Å². The highest BCUT2D eigenvalue weighted by atomic mass is 16.5. The van der Waals surface area contributed by atoms with Gasteiger partial charge in [-0.15, -0.1) is 0 Å². The number of methoxy groups -OCH3 is 1. The van der Waals surface area contributed by atoms with E-state index in [-0.39, 0.29) is 5.92 Å². The third-order valence-electron chi connectivity index (χ3n) is 3.23. The van der Waals surface area contributed by atoms with E-state index >= 15 is 0 Å². The summed E-state index contributed by atoms with van der Waals surface area (Å²) in [5, 5.41) is 10.7. The van der Waals surface area contributed by atoms with Crippen LogP contribution < -0.4 is 0 Å². The molecule has 0 saturated carbocycles. The van der Waals surface area contributed by atoms with Crippen molar-refractivity contribution >= 4 is 5.97 Å². The Morgan fingerprint density at radius 2 is 2.18 bits per heavy atom. The number of ether oxygens (including phenoxy) is 2. The van der Waals surface area contributed by atoms with Gasteiger partial charge in [-0.2, -0.15) is 0 Å². The lowest BCUT2D eigenvalue weighted by atomic mass is 9.81. The van der Waals surface area contributed by atoms with Crippen LogP contribution in [-0.2, 0) is 19.9 Å². The fourth-order valence-corrected chi connectivity index (χ4v) is 2.23. The van der Waals surface area contributed by atoms with Gasteiger partial charge in [-0.1, -0.05) is 30.3 Å². The number of carbonyl (C=O) groups is 1. The molecular weight excluding hydrogens is 220 g/mol. The van der Waals surface area contributed by atoms with E-state index in [9.17, 15) is 9.90 Å². The molecule has 4 heteroatoms. The topological polar surface area (TPSA) is 55.8 Å². The molecule has 1 aliphatic heterocycles. The highest BCUT2D eigenvalue weighted by Gasteiger charge is 2.48. The number of rotatable bonds is 3. The van der Waals surface area contributed by atoms with Crippen LogP contribution in [0.25, 0.3) is 0 Å². The second kappa shape index (κ2) is 4.85.